The van der Waals surface area contributed by atoms with Gasteiger partial charge in [-0.1, -0.05) is 358 Å². The number of hydrogen-bond donors (Lipinski definition) is 0. The van der Waals surface area contributed by atoms with Crippen molar-refractivity contribution in [3.8, 4) is 0 Å². The molecule has 5 heterocycles. The highest BCUT2D eigenvalue weighted by atomic mass is 16.1. The van der Waals surface area contributed by atoms with Crippen molar-refractivity contribution in [2.75, 3.05) is 91.6 Å². The van der Waals surface area contributed by atoms with Gasteiger partial charge in [-0.25, -0.2) is 0 Å². The first kappa shape index (κ1) is 98.6. The molecule has 0 aromatic heterocycles. The van der Waals surface area contributed by atoms with Crippen molar-refractivity contribution >= 4 is 56.8 Å². The fraction of sp³-hybridized carbons (Fsp3) is 0.347. The van der Waals surface area contributed by atoms with Gasteiger partial charge in [-0.3, -0.25) is 38.7 Å². The maximum atomic E-state index is 11.7. The van der Waals surface area contributed by atoms with Crippen LogP contribution in [-0.4, -0.2) is 151 Å². The monoisotopic (exact) mass is 1740 g/mol. The van der Waals surface area contributed by atoms with Gasteiger partial charge in [0.25, 0.3) is 0 Å². The molecule has 0 spiro atoms. The van der Waals surface area contributed by atoms with Crippen molar-refractivity contribution in [3.63, 3.8) is 0 Å². The second-order valence-electron chi connectivity index (χ2n) is 36.5. The minimum absolute atomic E-state index is 0.109. The van der Waals surface area contributed by atoms with E-state index in [4.69, 9.17) is 0 Å². The maximum Gasteiger partial charge on any atom is 0.159 e. The summed E-state index contributed by atoms with van der Waals surface area (Å²) in [4.78, 5) is 70.9. The van der Waals surface area contributed by atoms with Crippen LogP contribution in [0, 0.1) is 6.92 Å². The van der Waals surface area contributed by atoms with Crippen LogP contribution in [0.4, 0.5) is 0 Å². The predicted molar refractivity (Wildman–Crippen MR) is 550 cm³/mol. The Balaban J connectivity index is 0.000000148. The van der Waals surface area contributed by atoms with Crippen LogP contribution in [0.5, 0.6) is 0 Å². The van der Waals surface area contributed by atoms with Gasteiger partial charge < -0.3 is 9.80 Å². The van der Waals surface area contributed by atoms with Gasteiger partial charge in [-0.2, -0.15) is 0 Å². The number of Topliss-reactive ketones (excluding diaryl/α,β-unsaturated/α-hetero) is 5. The van der Waals surface area contributed by atoms with Gasteiger partial charge in [0.1, 0.15) is 0 Å². The minimum Gasteiger partial charge on any atom is -0.303 e. The van der Waals surface area contributed by atoms with Gasteiger partial charge in [0.2, 0.25) is 0 Å². The van der Waals surface area contributed by atoms with Gasteiger partial charge in [-0.05, 0) is 235 Å². The second kappa shape index (κ2) is 50.8. The lowest BCUT2D eigenvalue weighted by atomic mass is 9.86. The highest BCUT2D eigenvalue weighted by Gasteiger charge is 2.28. The quantitative estimate of drug-likeness (QED) is 0.0429. The van der Waals surface area contributed by atoms with E-state index in [-0.39, 0.29) is 28.9 Å². The third kappa shape index (κ3) is 28.8. The molecule has 6 aliphatic rings. The summed E-state index contributed by atoms with van der Waals surface area (Å²) < 4.78 is 0. The summed E-state index contributed by atoms with van der Waals surface area (Å²) in [6.07, 6.45) is 25.0. The third-order valence-electron chi connectivity index (χ3n) is 27.0. The van der Waals surface area contributed by atoms with E-state index in [1.807, 2.05) is 66.7 Å². The molecular formula is C121H141N5O5. The van der Waals surface area contributed by atoms with Crippen LogP contribution in [0.2, 0.25) is 0 Å². The Morgan fingerprint density at radius 3 is 0.779 bits per heavy atom. The molecule has 16 rings (SSSR count). The second-order valence-corrected chi connectivity index (χ2v) is 36.5. The molecule has 0 N–H and O–H groups in total. The van der Waals surface area contributed by atoms with Gasteiger partial charge in [0.05, 0.1) is 0 Å². The molecule has 0 amide bonds. The molecule has 0 bridgehead atoms. The molecule has 680 valence electrons. The van der Waals surface area contributed by atoms with Crippen molar-refractivity contribution in [3.05, 3.63) is 408 Å². The standard InChI is InChI=1S/C26H31NO.C25H29NO.C24H29NO.C23H27NO.C23H25NO/c1-20(28)21-12-14-23(15-13-21)26(22-8-4-2-5-9-22)24-16-18-27(19-17-24)25-10-6-3-7-11-25;1-19(2)13-16-26-17-14-24(15-18-26)25(22-7-5-4-6-8-22)23-11-9-21(10-12-23)20(3)27;1-3-4-16-25-17-14-23(15-18-25)24(21-8-6-5-7-9-21)22-12-10-20(11-13-22)19(2)26;1-4-24-15-13-22(14-16-24)23(20-7-5-17(2)6-8-20)21-11-9-19(10-12-21)18(3)25;1-3-15-24-16-13-22(14-17-24)23(20-7-5-4-6-8-20)21-11-9-19(10-12-21)18(2)25/h2,4-5,8-9,12-15,25H,3,6-7,10-11,16-19H2,1H3;4-13H,14-18H2,1-3H3;5-13H,3-4,14-18H2,1-2H3;5-12H,4,13-16H2,1-3H3;3-12H,1,13-17H2,2H3. The Morgan fingerprint density at radius 1 is 0.290 bits per heavy atom. The summed E-state index contributed by atoms with van der Waals surface area (Å²) >= 11 is 0. The van der Waals surface area contributed by atoms with Crippen LogP contribution < -0.4 is 0 Å². The Labute approximate surface area is 784 Å². The molecule has 1 saturated carbocycles. The summed E-state index contributed by atoms with van der Waals surface area (Å²) in [5, 5.41) is 0. The predicted octanol–water partition coefficient (Wildman–Crippen LogP) is 27.5. The minimum atomic E-state index is 0.109. The molecule has 10 nitrogen and oxygen atoms in total. The van der Waals surface area contributed by atoms with E-state index >= 15 is 0 Å². The van der Waals surface area contributed by atoms with E-state index in [2.05, 4.69) is 278 Å². The maximum absolute atomic E-state index is 11.7. The van der Waals surface area contributed by atoms with Crippen molar-refractivity contribution in [2.45, 2.75) is 184 Å². The number of unbranched alkanes of at least 4 members (excludes halogenated alkanes) is 1. The Bertz CT molecular complexity index is 5540. The lowest BCUT2D eigenvalue weighted by Gasteiger charge is -2.38. The molecule has 10 aromatic rings. The lowest BCUT2D eigenvalue weighted by molar-refractivity contribution is 0.100. The van der Waals surface area contributed by atoms with E-state index in [9.17, 15) is 24.0 Å². The summed E-state index contributed by atoms with van der Waals surface area (Å²) in [7, 11) is 0. The highest BCUT2D eigenvalue weighted by Crippen LogP contribution is 2.40. The zero-order chi connectivity index (χ0) is 92.4. The summed E-state index contributed by atoms with van der Waals surface area (Å²) in [5.74, 6) is 0.588. The van der Waals surface area contributed by atoms with Crippen LogP contribution >= 0.6 is 0 Å². The SMILES string of the molecule is C=CCN1CCC(=C(c2ccccc2)c2ccc(C(C)=O)cc2)CC1.CC(=O)c1ccc(C(=C2CCN(C3CCCCC3)CC2)c2ccccc2)cc1.CC(=O)c1ccc(C(=C2CCN(CC=C(C)C)CC2)c2ccccc2)cc1.CCCCN1CCC(=C(c2ccccc2)c2ccc(C(C)=O)cc2)CC1.CCN1CCC(=C(c2ccc(C)cc2)c2ccc(C(C)=O)cc2)CC1. The number of nitrogens with zero attached hydrogens (tertiary/aromatic N) is 5. The number of piperidine rings is 5. The van der Waals surface area contributed by atoms with Gasteiger partial charge in [0, 0.05) is 112 Å². The zero-order valence-electron chi connectivity index (χ0n) is 80.0. The van der Waals surface area contributed by atoms with Crippen LogP contribution in [-0.2, 0) is 0 Å². The third-order valence-corrected chi connectivity index (χ3v) is 27.0. The molecule has 0 atom stereocenters. The van der Waals surface area contributed by atoms with Crippen LogP contribution in [0.25, 0.3) is 27.9 Å². The van der Waals surface area contributed by atoms with Crippen molar-refractivity contribution in [1.29, 1.82) is 0 Å². The molecule has 131 heavy (non-hydrogen) atoms. The first-order chi connectivity index (χ1) is 63.7. The van der Waals surface area contributed by atoms with Crippen molar-refractivity contribution < 1.29 is 24.0 Å². The number of aryl methyl sites for hydroxylation is 1. The number of ketones is 5. The fourth-order valence-corrected chi connectivity index (χ4v) is 19.3. The normalized spacial score (nSPS) is 15.8. The number of likely N-dealkylation sites (tertiary alicyclic amines) is 5. The first-order valence-electron chi connectivity index (χ1n) is 48.6. The summed E-state index contributed by atoms with van der Waals surface area (Å²) in [6.45, 7) is 38.5. The Hall–Kier alpha value is -11.5. The Kier molecular flexibility index (Phi) is 38.2. The largest absolute Gasteiger partial charge is 0.303 e. The lowest BCUT2D eigenvalue weighted by Crippen LogP contribution is -2.40. The molecular weight excluding hydrogens is 1600 g/mol. The van der Waals surface area contributed by atoms with Gasteiger partial charge >= 0.3 is 0 Å². The van der Waals surface area contributed by atoms with Gasteiger partial charge in [0.15, 0.2) is 28.9 Å². The summed E-state index contributed by atoms with van der Waals surface area (Å²) in [6, 6.07) is 92.9. The number of rotatable bonds is 24. The van der Waals surface area contributed by atoms with E-state index in [1.54, 1.807) is 45.8 Å². The van der Waals surface area contributed by atoms with Crippen LogP contribution in [0.3, 0.4) is 0 Å². The Morgan fingerprint density at radius 2 is 0.527 bits per heavy atom. The average molecular weight is 1750 g/mol. The number of benzene rings is 10. The molecule has 10 heteroatoms. The van der Waals surface area contributed by atoms with Crippen LogP contribution in [0.15, 0.2) is 319 Å². The van der Waals surface area contributed by atoms with Crippen LogP contribution in [0.1, 0.15) is 284 Å². The number of carbonyl (C=O) groups is 5. The number of carbonyl (C=O) groups excluding carboxylic acids is 5. The molecule has 1 aliphatic carbocycles. The average Bonchev–Trinajstić information content (AvgIpc) is 0.824. The molecule has 10 aromatic carbocycles. The smallest absolute Gasteiger partial charge is 0.159 e. The zero-order valence-corrected chi connectivity index (χ0v) is 80.0. The molecule has 6 fully saturated rings. The highest BCUT2D eigenvalue weighted by molar-refractivity contribution is 5.98. The molecule has 0 radical (unpaired) electrons. The van der Waals surface area contributed by atoms with Crippen molar-refractivity contribution in [2.24, 2.45) is 0 Å². The van der Waals surface area contributed by atoms with E-state index in [0.717, 1.165) is 170 Å². The fourth-order valence-electron chi connectivity index (χ4n) is 19.3. The number of allylic oxidation sites excluding steroid dienone is 1. The molecule has 5 aliphatic heterocycles. The van der Waals surface area contributed by atoms with E-state index < -0.39 is 0 Å². The molecule has 5 saturated heterocycles. The molecule has 0 unspecified atom stereocenters. The number of hydrogen-bond acceptors (Lipinski definition) is 10. The van der Waals surface area contributed by atoms with Crippen molar-refractivity contribution in [1.82, 2.24) is 24.5 Å². The van der Waals surface area contributed by atoms with E-state index in [1.165, 1.54) is 176 Å². The van der Waals surface area contributed by atoms with Gasteiger partial charge in [-0.15, -0.1) is 6.58 Å². The topological polar surface area (TPSA) is 102 Å². The van der Waals surface area contributed by atoms with E-state index in [0.29, 0.717) is 0 Å². The summed E-state index contributed by atoms with van der Waals surface area (Å²) in [5.41, 5.74) is 33.4. The first-order valence-corrected chi connectivity index (χ1v) is 48.6.